The van der Waals surface area contributed by atoms with Crippen molar-refractivity contribution in [1.29, 1.82) is 0 Å². The molecule has 114 valence electrons. The summed E-state index contributed by atoms with van der Waals surface area (Å²) in [4.78, 5) is 14.7. The fraction of sp³-hybridized carbons (Fsp3) is 0.588. The molecule has 2 aliphatic heterocycles. The molecule has 1 atom stereocenters. The molecule has 0 aromatic heterocycles. The van der Waals surface area contributed by atoms with Crippen LogP contribution in [-0.4, -0.2) is 43.5 Å². The number of carbonyl (C=O) groups is 1. The van der Waals surface area contributed by atoms with Crippen LogP contribution in [0.3, 0.4) is 0 Å². The minimum atomic E-state index is 0.0415. The number of nitrogens with zero attached hydrogens (tertiary/aromatic N) is 1. The first-order valence-electron chi connectivity index (χ1n) is 8.10. The molecule has 2 aliphatic rings. The third kappa shape index (κ3) is 3.56. The molecular formula is C17H25N3O. The van der Waals surface area contributed by atoms with Crippen LogP contribution in [0.1, 0.15) is 35.7 Å². The summed E-state index contributed by atoms with van der Waals surface area (Å²) in [5.41, 5.74) is 3.19. The van der Waals surface area contributed by atoms with E-state index in [0.29, 0.717) is 5.92 Å². The van der Waals surface area contributed by atoms with Gasteiger partial charge in [0, 0.05) is 30.9 Å². The van der Waals surface area contributed by atoms with Crippen molar-refractivity contribution in [3.05, 3.63) is 29.3 Å². The molecule has 4 nitrogen and oxygen atoms in total. The zero-order chi connectivity index (χ0) is 14.7. The van der Waals surface area contributed by atoms with Gasteiger partial charge in [-0.15, -0.1) is 0 Å². The topological polar surface area (TPSA) is 44.4 Å². The second kappa shape index (κ2) is 6.48. The average Bonchev–Trinajstić information content (AvgIpc) is 3.14. The number of hydrogen-bond donors (Lipinski definition) is 2. The van der Waals surface area contributed by atoms with E-state index in [1.807, 2.05) is 12.1 Å². The highest BCUT2D eigenvalue weighted by Gasteiger charge is 2.16. The normalized spacial score (nSPS) is 19.1. The molecule has 0 saturated carbocycles. The number of nitrogens with one attached hydrogen (secondary N) is 2. The lowest BCUT2D eigenvalue weighted by Gasteiger charge is -2.20. The first-order valence-corrected chi connectivity index (χ1v) is 8.10. The van der Waals surface area contributed by atoms with Crippen LogP contribution in [0, 0.1) is 5.92 Å². The van der Waals surface area contributed by atoms with Gasteiger partial charge in [0.2, 0.25) is 0 Å². The molecule has 1 amide bonds. The van der Waals surface area contributed by atoms with Gasteiger partial charge in [-0.25, -0.2) is 0 Å². The van der Waals surface area contributed by atoms with E-state index in [-0.39, 0.29) is 5.91 Å². The fourth-order valence-electron chi connectivity index (χ4n) is 3.27. The van der Waals surface area contributed by atoms with Gasteiger partial charge in [0.1, 0.15) is 0 Å². The first-order chi connectivity index (χ1) is 10.2. The summed E-state index contributed by atoms with van der Waals surface area (Å²) in [5, 5.41) is 6.39. The average molecular weight is 287 g/mol. The fourth-order valence-corrected chi connectivity index (χ4v) is 3.27. The van der Waals surface area contributed by atoms with Gasteiger partial charge in [0.15, 0.2) is 0 Å². The van der Waals surface area contributed by atoms with E-state index in [0.717, 1.165) is 37.3 Å². The van der Waals surface area contributed by atoms with Crippen molar-refractivity contribution in [2.24, 2.45) is 5.92 Å². The number of carbonyl (C=O) groups excluding carboxylic acids is 1. The number of rotatable bonds is 5. The molecule has 1 fully saturated rings. The molecule has 0 bridgehead atoms. The molecular weight excluding hydrogens is 262 g/mol. The molecule has 2 N–H and O–H groups in total. The lowest BCUT2D eigenvalue weighted by molar-refractivity contribution is 0.0945. The van der Waals surface area contributed by atoms with Crippen molar-refractivity contribution in [2.45, 2.75) is 26.2 Å². The Morgan fingerprint density at radius 2 is 2.19 bits per heavy atom. The van der Waals surface area contributed by atoms with Gasteiger partial charge in [-0.05, 0) is 56.0 Å². The highest BCUT2D eigenvalue weighted by molar-refractivity contribution is 5.95. The van der Waals surface area contributed by atoms with Crippen LogP contribution in [0.5, 0.6) is 0 Å². The van der Waals surface area contributed by atoms with Crippen molar-refractivity contribution in [3.63, 3.8) is 0 Å². The van der Waals surface area contributed by atoms with Crippen molar-refractivity contribution in [3.8, 4) is 0 Å². The summed E-state index contributed by atoms with van der Waals surface area (Å²) >= 11 is 0. The standard InChI is InChI=1S/C17H25N3O/c1-13(12-20-8-2-3-9-20)11-19-17(21)15-5-4-14-6-7-18-16(14)10-15/h4-5,10,13,18H,2-3,6-9,11-12H2,1H3,(H,19,21). The minimum absolute atomic E-state index is 0.0415. The lowest BCUT2D eigenvalue weighted by Crippen LogP contribution is -2.34. The summed E-state index contributed by atoms with van der Waals surface area (Å²) in [6.45, 7) is 7.46. The van der Waals surface area contributed by atoms with E-state index in [9.17, 15) is 4.79 Å². The smallest absolute Gasteiger partial charge is 0.251 e. The molecule has 1 aromatic carbocycles. The summed E-state index contributed by atoms with van der Waals surface area (Å²) in [7, 11) is 0. The minimum Gasteiger partial charge on any atom is -0.384 e. The van der Waals surface area contributed by atoms with Crippen molar-refractivity contribution in [1.82, 2.24) is 10.2 Å². The molecule has 0 spiro atoms. The number of hydrogen-bond acceptors (Lipinski definition) is 3. The maximum atomic E-state index is 12.2. The van der Waals surface area contributed by atoms with Crippen molar-refractivity contribution >= 4 is 11.6 Å². The quantitative estimate of drug-likeness (QED) is 0.872. The Bertz CT molecular complexity index is 509. The van der Waals surface area contributed by atoms with Crippen LogP contribution in [0.25, 0.3) is 0 Å². The van der Waals surface area contributed by atoms with Gasteiger partial charge in [0.25, 0.3) is 5.91 Å². The Labute approximate surface area is 126 Å². The predicted octanol–water partition coefficient (Wildman–Crippen LogP) is 2.12. The third-order valence-electron chi connectivity index (χ3n) is 4.46. The van der Waals surface area contributed by atoms with E-state index >= 15 is 0 Å². The highest BCUT2D eigenvalue weighted by Crippen LogP contribution is 2.23. The number of amides is 1. The van der Waals surface area contributed by atoms with Crippen LogP contribution in [0.2, 0.25) is 0 Å². The molecule has 1 aromatic rings. The maximum absolute atomic E-state index is 12.2. The SMILES string of the molecule is CC(CNC(=O)c1ccc2c(c1)NCC2)CN1CCCC1. The van der Waals surface area contributed by atoms with Gasteiger partial charge in [-0.3, -0.25) is 4.79 Å². The van der Waals surface area contributed by atoms with Crippen molar-refractivity contribution in [2.75, 3.05) is 38.0 Å². The van der Waals surface area contributed by atoms with Crippen LogP contribution in [0.4, 0.5) is 5.69 Å². The number of anilines is 1. The zero-order valence-corrected chi connectivity index (χ0v) is 12.8. The van der Waals surface area contributed by atoms with E-state index in [1.165, 1.54) is 31.5 Å². The summed E-state index contributed by atoms with van der Waals surface area (Å²) in [6, 6.07) is 5.98. The Hall–Kier alpha value is -1.55. The summed E-state index contributed by atoms with van der Waals surface area (Å²) in [5.74, 6) is 0.541. The second-order valence-electron chi connectivity index (χ2n) is 6.37. The van der Waals surface area contributed by atoms with Crippen LogP contribution >= 0.6 is 0 Å². The molecule has 2 heterocycles. The monoisotopic (exact) mass is 287 g/mol. The Morgan fingerprint density at radius 3 is 3.00 bits per heavy atom. The zero-order valence-electron chi connectivity index (χ0n) is 12.8. The number of likely N-dealkylation sites (tertiary alicyclic amines) is 1. The largest absolute Gasteiger partial charge is 0.384 e. The maximum Gasteiger partial charge on any atom is 0.251 e. The van der Waals surface area contributed by atoms with Crippen LogP contribution in [-0.2, 0) is 6.42 Å². The van der Waals surface area contributed by atoms with Crippen molar-refractivity contribution < 1.29 is 4.79 Å². The molecule has 0 aliphatic carbocycles. The van der Waals surface area contributed by atoms with Gasteiger partial charge in [-0.1, -0.05) is 13.0 Å². The van der Waals surface area contributed by atoms with Gasteiger partial charge in [0.05, 0.1) is 0 Å². The van der Waals surface area contributed by atoms with E-state index in [4.69, 9.17) is 0 Å². The molecule has 3 rings (SSSR count). The highest BCUT2D eigenvalue weighted by atomic mass is 16.1. The summed E-state index contributed by atoms with van der Waals surface area (Å²) < 4.78 is 0. The molecule has 1 saturated heterocycles. The molecule has 1 unspecified atom stereocenters. The number of benzene rings is 1. The number of fused-ring (bicyclic) bond motifs is 1. The second-order valence-corrected chi connectivity index (χ2v) is 6.37. The van der Waals surface area contributed by atoms with Gasteiger partial charge in [-0.2, -0.15) is 0 Å². The lowest BCUT2D eigenvalue weighted by atomic mass is 10.1. The summed E-state index contributed by atoms with van der Waals surface area (Å²) in [6.07, 6.45) is 3.70. The van der Waals surface area contributed by atoms with Crippen LogP contribution in [0.15, 0.2) is 18.2 Å². The molecule has 4 heteroatoms. The third-order valence-corrected chi connectivity index (χ3v) is 4.46. The molecule has 21 heavy (non-hydrogen) atoms. The van der Waals surface area contributed by atoms with E-state index in [2.05, 4.69) is 28.5 Å². The van der Waals surface area contributed by atoms with Crippen LogP contribution < -0.4 is 10.6 Å². The Morgan fingerprint density at radius 1 is 1.38 bits per heavy atom. The van der Waals surface area contributed by atoms with Gasteiger partial charge >= 0.3 is 0 Å². The first kappa shape index (κ1) is 14.4. The predicted molar refractivity (Wildman–Crippen MR) is 85.8 cm³/mol. The van der Waals surface area contributed by atoms with E-state index in [1.54, 1.807) is 0 Å². The van der Waals surface area contributed by atoms with E-state index < -0.39 is 0 Å². The molecule has 0 radical (unpaired) electrons. The Kier molecular flexibility index (Phi) is 4.44. The van der Waals surface area contributed by atoms with Gasteiger partial charge < -0.3 is 15.5 Å². The Balaban J connectivity index is 1.49.